The van der Waals surface area contributed by atoms with Crippen LogP contribution in [0.3, 0.4) is 0 Å². The van der Waals surface area contributed by atoms with Gasteiger partial charge < -0.3 is 15.2 Å². The van der Waals surface area contributed by atoms with Gasteiger partial charge >= 0.3 is 0 Å². The number of hydrogen-bond acceptors (Lipinski definition) is 3. The van der Waals surface area contributed by atoms with E-state index in [9.17, 15) is 9.90 Å². The molecule has 0 saturated carbocycles. The van der Waals surface area contributed by atoms with Crippen LogP contribution < -0.4 is 10.4 Å². The fourth-order valence-electron chi connectivity index (χ4n) is 1.16. The van der Waals surface area contributed by atoms with E-state index in [1.807, 2.05) is 31.2 Å². The second-order valence-electron chi connectivity index (χ2n) is 3.14. The molecule has 1 rings (SSSR count). The molecule has 0 saturated heterocycles. The number of carboxylic acids is 1. The van der Waals surface area contributed by atoms with E-state index < -0.39 is 5.97 Å². The number of anilines is 1. The third-order valence-corrected chi connectivity index (χ3v) is 1.69. The van der Waals surface area contributed by atoms with Crippen molar-refractivity contribution in [3.63, 3.8) is 0 Å². The lowest BCUT2D eigenvalue weighted by atomic mass is 10.2. The van der Waals surface area contributed by atoms with E-state index >= 15 is 0 Å². The first-order valence-electron chi connectivity index (χ1n) is 4.31. The molecule has 0 bridgehead atoms. The fraction of sp³-hybridized carbons (Fsp3) is 0.182. The van der Waals surface area contributed by atoms with Crippen molar-refractivity contribution in [1.82, 2.24) is 0 Å². The zero-order chi connectivity index (χ0) is 10.6. The van der Waals surface area contributed by atoms with E-state index in [0.717, 1.165) is 17.3 Å². The lowest BCUT2D eigenvalue weighted by molar-refractivity contribution is -0.297. The summed E-state index contributed by atoms with van der Waals surface area (Å²) in [6, 6.07) is 7.69. The summed E-state index contributed by atoms with van der Waals surface area (Å²) in [5, 5.41) is 13.2. The van der Waals surface area contributed by atoms with Gasteiger partial charge in [0, 0.05) is 11.4 Å². The van der Waals surface area contributed by atoms with Gasteiger partial charge in [-0.05, 0) is 37.6 Å². The minimum absolute atomic E-state index is 0.551. The first-order chi connectivity index (χ1) is 6.58. The average Bonchev–Trinajstić information content (AvgIpc) is 2.01. The molecule has 0 aliphatic rings. The van der Waals surface area contributed by atoms with Crippen molar-refractivity contribution < 1.29 is 9.90 Å². The van der Waals surface area contributed by atoms with E-state index in [1.165, 1.54) is 0 Å². The highest BCUT2D eigenvalue weighted by Gasteiger charge is 1.92. The molecule has 74 valence electrons. The van der Waals surface area contributed by atoms with Crippen LogP contribution in [0, 0.1) is 6.92 Å². The summed E-state index contributed by atoms with van der Waals surface area (Å²) in [6.45, 7) is 3.65. The quantitative estimate of drug-likeness (QED) is 0.725. The zero-order valence-corrected chi connectivity index (χ0v) is 8.20. The molecule has 1 N–H and O–H groups in total. The molecule has 0 unspecified atom stereocenters. The van der Waals surface area contributed by atoms with Crippen LogP contribution in [0.2, 0.25) is 0 Å². The van der Waals surface area contributed by atoms with Crippen molar-refractivity contribution in [2.75, 3.05) is 5.32 Å². The zero-order valence-electron chi connectivity index (χ0n) is 8.20. The number of allylic oxidation sites excluding steroid dienone is 1. The summed E-state index contributed by atoms with van der Waals surface area (Å²) in [4.78, 5) is 10.2. The van der Waals surface area contributed by atoms with Crippen molar-refractivity contribution in [2.45, 2.75) is 13.8 Å². The molecular weight excluding hydrogens is 178 g/mol. The Balaban J connectivity index is 2.74. The van der Waals surface area contributed by atoms with Crippen LogP contribution in [0.5, 0.6) is 0 Å². The number of nitrogens with one attached hydrogen (secondary N) is 1. The molecule has 0 aromatic heterocycles. The number of carbonyl (C=O) groups excluding carboxylic acids is 1. The maximum atomic E-state index is 10.2. The monoisotopic (exact) mass is 190 g/mol. The normalized spacial score (nSPS) is 11.1. The van der Waals surface area contributed by atoms with Crippen LogP contribution in [0.1, 0.15) is 12.5 Å². The maximum Gasteiger partial charge on any atom is 0.0660 e. The Morgan fingerprint density at radius 1 is 1.50 bits per heavy atom. The predicted octanol–water partition coefficient (Wildman–Crippen LogP) is 1.06. The Bertz CT molecular complexity index is 369. The van der Waals surface area contributed by atoms with E-state index in [4.69, 9.17) is 0 Å². The summed E-state index contributed by atoms with van der Waals surface area (Å²) < 4.78 is 0. The van der Waals surface area contributed by atoms with E-state index in [2.05, 4.69) is 5.32 Å². The number of hydrogen-bond donors (Lipinski definition) is 1. The second kappa shape index (κ2) is 4.46. The number of benzene rings is 1. The Labute approximate surface area is 83.1 Å². The number of aryl methyl sites for hydroxylation is 1. The van der Waals surface area contributed by atoms with Gasteiger partial charge in [0.15, 0.2) is 0 Å². The third kappa shape index (κ3) is 3.31. The van der Waals surface area contributed by atoms with Gasteiger partial charge in [0.2, 0.25) is 0 Å². The van der Waals surface area contributed by atoms with Crippen LogP contribution in [-0.4, -0.2) is 5.97 Å². The van der Waals surface area contributed by atoms with Crippen molar-refractivity contribution in [3.8, 4) is 0 Å². The minimum atomic E-state index is -1.19. The van der Waals surface area contributed by atoms with Gasteiger partial charge in [-0.2, -0.15) is 0 Å². The Hall–Kier alpha value is -1.77. The van der Waals surface area contributed by atoms with Gasteiger partial charge in [0.25, 0.3) is 0 Å². The van der Waals surface area contributed by atoms with Crippen molar-refractivity contribution >= 4 is 11.7 Å². The SMILES string of the molecule is C/C(=C\C(=O)[O-])Nc1cccc(C)c1. The maximum absolute atomic E-state index is 10.2. The molecule has 0 aliphatic carbocycles. The van der Waals surface area contributed by atoms with Gasteiger partial charge in [-0.15, -0.1) is 0 Å². The second-order valence-corrected chi connectivity index (χ2v) is 3.14. The third-order valence-electron chi connectivity index (χ3n) is 1.69. The minimum Gasteiger partial charge on any atom is -0.545 e. The molecule has 3 nitrogen and oxygen atoms in total. The Morgan fingerprint density at radius 2 is 2.21 bits per heavy atom. The lowest BCUT2D eigenvalue weighted by Crippen LogP contribution is -2.20. The van der Waals surface area contributed by atoms with Crippen molar-refractivity contribution in [2.24, 2.45) is 0 Å². The molecule has 3 heteroatoms. The first kappa shape index (κ1) is 10.3. The van der Waals surface area contributed by atoms with Gasteiger partial charge in [0.05, 0.1) is 5.97 Å². The molecule has 1 aromatic rings. The Morgan fingerprint density at radius 3 is 2.79 bits per heavy atom. The van der Waals surface area contributed by atoms with Crippen LogP contribution >= 0.6 is 0 Å². The van der Waals surface area contributed by atoms with E-state index in [-0.39, 0.29) is 0 Å². The van der Waals surface area contributed by atoms with E-state index in [1.54, 1.807) is 6.92 Å². The molecule has 0 amide bonds. The van der Waals surface area contributed by atoms with Crippen molar-refractivity contribution in [1.29, 1.82) is 0 Å². The smallest absolute Gasteiger partial charge is 0.0660 e. The van der Waals surface area contributed by atoms with Crippen molar-refractivity contribution in [3.05, 3.63) is 41.6 Å². The fourth-order valence-corrected chi connectivity index (χ4v) is 1.16. The van der Waals surface area contributed by atoms with Crippen LogP contribution in [0.15, 0.2) is 36.0 Å². The summed E-state index contributed by atoms with van der Waals surface area (Å²) in [5.74, 6) is -1.19. The molecule has 14 heavy (non-hydrogen) atoms. The van der Waals surface area contributed by atoms with E-state index in [0.29, 0.717) is 5.70 Å². The highest BCUT2D eigenvalue weighted by atomic mass is 16.4. The standard InChI is InChI=1S/C11H13NO2/c1-8-4-3-5-10(6-8)12-9(2)7-11(13)14/h3-7,12H,1-2H3,(H,13,14)/p-1/b9-7+. The first-order valence-corrected chi connectivity index (χ1v) is 4.31. The number of rotatable bonds is 3. The lowest BCUT2D eigenvalue weighted by Gasteiger charge is -2.07. The summed E-state index contributed by atoms with van der Waals surface area (Å²) in [7, 11) is 0. The topological polar surface area (TPSA) is 52.2 Å². The van der Waals surface area contributed by atoms with Crippen LogP contribution in [0.4, 0.5) is 5.69 Å². The molecule has 0 radical (unpaired) electrons. The number of carbonyl (C=O) groups is 1. The van der Waals surface area contributed by atoms with Gasteiger partial charge in [-0.3, -0.25) is 0 Å². The summed E-state index contributed by atoms with van der Waals surface area (Å²) in [6.07, 6.45) is 1.03. The van der Waals surface area contributed by atoms with Gasteiger partial charge in [-0.25, -0.2) is 0 Å². The molecule has 0 heterocycles. The highest BCUT2D eigenvalue weighted by molar-refractivity contribution is 5.79. The van der Waals surface area contributed by atoms with Gasteiger partial charge in [-0.1, -0.05) is 12.1 Å². The largest absolute Gasteiger partial charge is 0.545 e. The number of aliphatic carboxylic acids is 1. The van der Waals surface area contributed by atoms with Gasteiger partial charge in [0.1, 0.15) is 0 Å². The highest BCUT2D eigenvalue weighted by Crippen LogP contribution is 2.11. The predicted molar refractivity (Wildman–Crippen MR) is 53.6 cm³/mol. The molecule has 0 atom stereocenters. The van der Waals surface area contributed by atoms with Crippen LogP contribution in [0.25, 0.3) is 0 Å². The molecule has 0 spiro atoms. The molecule has 0 aliphatic heterocycles. The molecule has 0 fully saturated rings. The van der Waals surface area contributed by atoms with Crippen LogP contribution in [-0.2, 0) is 4.79 Å². The number of carboxylic acid groups (broad SMARTS) is 1. The average molecular weight is 190 g/mol. The molecular formula is C11H12NO2-. The molecule has 1 aromatic carbocycles. The Kier molecular flexibility index (Phi) is 3.29. The summed E-state index contributed by atoms with van der Waals surface area (Å²) >= 11 is 0. The summed E-state index contributed by atoms with van der Waals surface area (Å²) in [5.41, 5.74) is 2.55.